The van der Waals surface area contributed by atoms with Crippen LogP contribution in [-0.2, 0) is 10.9 Å². The second-order valence-electron chi connectivity index (χ2n) is 6.83. The van der Waals surface area contributed by atoms with Crippen LogP contribution in [0.3, 0.4) is 0 Å². The molecule has 0 spiro atoms. The molecule has 1 aliphatic heterocycles. The van der Waals surface area contributed by atoms with Crippen molar-refractivity contribution in [3.8, 4) is 5.75 Å². The normalized spacial score (nSPS) is 20.2. The first kappa shape index (κ1) is 17.1. The second kappa shape index (κ2) is 7.17. The summed E-state index contributed by atoms with van der Waals surface area (Å²) in [5.74, 6) is 0.538. The summed E-state index contributed by atoms with van der Waals surface area (Å²) in [7, 11) is -0.259. The van der Waals surface area contributed by atoms with Gasteiger partial charge < -0.3 is 4.74 Å². The number of fused-ring (bicyclic) bond motifs is 2. The van der Waals surface area contributed by atoms with Crippen LogP contribution in [0.2, 0.25) is 0 Å². The molecule has 1 aliphatic carbocycles. The molecule has 2 unspecified atom stereocenters. The van der Waals surface area contributed by atoms with E-state index in [-0.39, 0.29) is 28.7 Å². The Morgan fingerprint density at radius 2 is 1.36 bits per heavy atom. The first-order chi connectivity index (χ1) is 13.8. The number of Topliss-reactive ketones (excluding diaryl/α,β-unsaturated/α-hetero) is 1. The lowest BCUT2D eigenvalue weighted by Crippen LogP contribution is -2.37. The summed E-state index contributed by atoms with van der Waals surface area (Å²) in [5.41, 5.74) is 0.675. The Hall–Kier alpha value is -3.04. The van der Waals surface area contributed by atoms with Crippen molar-refractivity contribution in [1.29, 1.82) is 0 Å². The van der Waals surface area contributed by atoms with E-state index in [1.54, 1.807) is 0 Å². The van der Waals surface area contributed by atoms with E-state index in [1.807, 2.05) is 42.5 Å². The zero-order chi connectivity index (χ0) is 18.9. The van der Waals surface area contributed by atoms with Crippen molar-refractivity contribution >= 4 is 16.7 Å². The molecule has 5 rings (SSSR count). The molecule has 0 fully saturated rings. The van der Waals surface area contributed by atoms with Gasteiger partial charge in [0.25, 0.3) is 0 Å². The molecule has 0 saturated carbocycles. The highest BCUT2D eigenvalue weighted by Gasteiger charge is 2.40. The van der Waals surface area contributed by atoms with E-state index in [0.29, 0.717) is 11.3 Å². The molecular weight excluding hydrogens is 364 g/mol. The molecule has 0 aromatic heterocycles. The molecule has 0 bridgehead atoms. The summed E-state index contributed by atoms with van der Waals surface area (Å²) >= 11 is 0. The van der Waals surface area contributed by atoms with Gasteiger partial charge in [-0.1, -0.05) is 48.5 Å². The second-order valence-corrected chi connectivity index (χ2v) is 8.86. The summed E-state index contributed by atoms with van der Waals surface area (Å²) in [6.07, 6.45) is 6.06. The van der Waals surface area contributed by atoms with Crippen LogP contribution in [0.1, 0.15) is 10.4 Å². The summed E-state index contributed by atoms with van der Waals surface area (Å²) in [5, 5.41) is 0. The molecular formula is C25H19O2S+. The van der Waals surface area contributed by atoms with Gasteiger partial charge in [0.2, 0.25) is 0 Å². The van der Waals surface area contributed by atoms with Crippen molar-refractivity contribution in [3.05, 3.63) is 114 Å². The third kappa shape index (κ3) is 2.98. The van der Waals surface area contributed by atoms with Gasteiger partial charge in [-0.3, -0.25) is 4.79 Å². The predicted molar refractivity (Wildman–Crippen MR) is 113 cm³/mol. The average Bonchev–Trinajstić information content (AvgIpc) is 2.76. The standard InChI is InChI=1S/C25H19O2S/c26-25-21-13-7-8-14-23(21)27-24-16-15-20(17-22(24)25)28(18-9-3-1-4-10-18)19-11-5-2-6-12-19/h1-17,22,24H/q+1. The van der Waals surface area contributed by atoms with E-state index in [1.165, 1.54) is 9.79 Å². The number of rotatable bonds is 3. The Labute approximate surface area is 167 Å². The summed E-state index contributed by atoms with van der Waals surface area (Å²) in [4.78, 5) is 16.8. The van der Waals surface area contributed by atoms with Gasteiger partial charge in [-0.05, 0) is 54.6 Å². The first-order valence-corrected chi connectivity index (χ1v) is 10.6. The summed E-state index contributed by atoms with van der Waals surface area (Å²) in [6.45, 7) is 0. The number of benzene rings is 3. The van der Waals surface area contributed by atoms with E-state index in [4.69, 9.17) is 4.74 Å². The van der Waals surface area contributed by atoms with Crippen molar-refractivity contribution in [2.75, 3.05) is 0 Å². The highest BCUT2D eigenvalue weighted by molar-refractivity contribution is 8.00. The van der Waals surface area contributed by atoms with Crippen LogP contribution in [0.4, 0.5) is 0 Å². The van der Waals surface area contributed by atoms with Gasteiger partial charge in [-0.2, -0.15) is 0 Å². The van der Waals surface area contributed by atoms with Gasteiger partial charge >= 0.3 is 0 Å². The number of hydrogen-bond donors (Lipinski definition) is 0. The Morgan fingerprint density at radius 1 is 0.750 bits per heavy atom. The monoisotopic (exact) mass is 383 g/mol. The predicted octanol–water partition coefficient (Wildman–Crippen LogP) is 5.44. The van der Waals surface area contributed by atoms with Gasteiger partial charge in [0, 0.05) is 0 Å². The molecule has 0 radical (unpaired) electrons. The lowest BCUT2D eigenvalue weighted by molar-refractivity contribution is 0.0806. The molecule has 0 amide bonds. The Kier molecular flexibility index (Phi) is 4.38. The number of ketones is 1. The fourth-order valence-electron chi connectivity index (χ4n) is 3.73. The van der Waals surface area contributed by atoms with Crippen LogP contribution >= 0.6 is 0 Å². The van der Waals surface area contributed by atoms with E-state index >= 15 is 0 Å². The first-order valence-electron chi connectivity index (χ1n) is 9.35. The molecule has 0 N–H and O–H groups in total. The molecule has 136 valence electrons. The van der Waals surface area contributed by atoms with Crippen LogP contribution in [0.15, 0.2) is 118 Å². The van der Waals surface area contributed by atoms with E-state index in [0.717, 1.165) is 4.91 Å². The minimum Gasteiger partial charge on any atom is -0.484 e. The Bertz CT molecular complexity index is 1030. The van der Waals surface area contributed by atoms with Crippen molar-refractivity contribution in [2.45, 2.75) is 15.9 Å². The summed E-state index contributed by atoms with van der Waals surface area (Å²) in [6, 6.07) is 28.5. The summed E-state index contributed by atoms with van der Waals surface area (Å²) < 4.78 is 6.10. The lowest BCUT2D eigenvalue weighted by atomic mass is 9.86. The van der Waals surface area contributed by atoms with Gasteiger partial charge in [-0.25, -0.2) is 0 Å². The number of carbonyl (C=O) groups is 1. The molecule has 2 nitrogen and oxygen atoms in total. The minimum atomic E-state index is -0.280. The van der Waals surface area contributed by atoms with Crippen molar-refractivity contribution in [3.63, 3.8) is 0 Å². The zero-order valence-corrected chi connectivity index (χ0v) is 16.0. The van der Waals surface area contributed by atoms with Crippen LogP contribution in [-0.4, -0.2) is 11.9 Å². The molecule has 3 aromatic rings. The van der Waals surface area contributed by atoms with Gasteiger partial charge in [-0.15, -0.1) is 0 Å². The van der Waals surface area contributed by atoms with Crippen molar-refractivity contribution in [1.82, 2.24) is 0 Å². The molecule has 2 atom stereocenters. The lowest BCUT2D eigenvalue weighted by Gasteiger charge is -2.31. The SMILES string of the molecule is O=C1c2ccccc2OC2C=CC([S+](c3ccccc3)c3ccccc3)=CC12. The van der Waals surface area contributed by atoms with Crippen LogP contribution in [0, 0.1) is 5.92 Å². The van der Waals surface area contributed by atoms with Gasteiger partial charge in [0.15, 0.2) is 20.5 Å². The number of ether oxygens (including phenoxy) is 1. The van der Waals surface area contributed by atoms with E-state index in [2.05, 4.69) is 60.7 Å². The minimum absolute atomic E-state index is 0.137. The average molecular weight is 383 g/mol. The number of para-hydroxylation sites is 1. The maximum Gasteiger partial charge on any atom is 0.177 e. The number of carbonyl (C=O) groups excluding carboxylic acids is 1. The maximum atomic E-state index is 13.1. The van der Waals surface area contributed by atoms with E-state index < -0.39 is 0 Å². The molecule has 28 heavy (non-hydrogen) atoms. The Balaban J connectivity index is 1.58. The van der Waals surface area contributed by atoms with Gasteiger partial charge in [0.1, 0.15) is 11.9 Å². The third-order valence-electron chi connectivity index (χ3n) is 5.06. The highest BCUT2D eigenvalue weighted by atomic mass is 32.2. The molecule has 1 heterocycles. The highest BCUT2D eigenvalue weighted by Crippen LogP contribution is 2.39. The smallest absolute Gasteiger partial charge is 0.177 e. The third-order valence-corrected chi connectivity index (χ3v) is 7.29. The molecule has 2 aliphatic rings. The molecule has 3 aromatic carbocycles. The van der Waals surface area contributed by atoms with Gasteiger partial charge in [0.05, 0.1) is 22.4 Å². The topological polar surface area (TPSA) is 26.3 Å². The number of hydrogen-bond acceptors (Lipinski definition) is 2. The molecule has 3 heteroatoms. The van der Waals surface area contributed by atoms with Crippen molar-refractivity contribution < 1.29 is 9.53 Å². The van der Waals surface area contributed by atoms with Crippen molar-refractivity contribution in [2.24, 2.45) is 5.92 Å². The van der Waals surface area contributed by atoms with Crippen LogP contribution < -0.4 is 4.74 Å². The van der Waals surface area contributed by atoms with Crippen LogP contribution in [0.5, 0.6) is 5.75 Å². The zero-order valence-electron chi connectivity index (χ0n) is 15.2. The van der Waals surface area contributed by atoms with E-state index in [9.17, 15) is 4.79 Å². The number of allylic oxidation sites excluding steroid dienone is 1. The largest absolute Gasteiger partial charge is 0.484 e. The van der Waals surface area contributed by atoms with Crippen LogP contribution in [0.25, 0.3) is 0 Å². The molecule has 0 saturated heterocycles. The fourth-order valence-corrected chi connectivity index (χ4v) is 5.90. The Morgan fingerprint density at radius 3 is 2.04 bits per heavy atom. The maximum absolute atomic E-state index is 13.1. The quantitative estimate of drug-likeness (QED) is 0.563. The fraction of sp³-hybridized carbons (Fsp3) is 0.0800.